The second-order valence-corrected chi connectivity index (χ2v) is 8.50. The molecule has 5 nitrogen and oxygen atoms in total. The van der Waals surface area contributed by atoms with Crippen LogP contribution in [0.1, 0.15) is 31.0 Å². The van der Waals surface area contributed by atoms with Gasteiger partial charge in [-0.1, -0.05) is 30.3 Å². The van der Waals surface area contributed by atoms with Crippen molar-refractivity contribution >= 4 is 15.7 Å². The Hall–Kier alpha value is -1.40. The lowest BCUT2D eigenvalue weighted by molar-refractivity contribution is -0.133. The van der Waals surface area contributed by atoms with Crippen molar-refractivity contribution in [1.29, 1.82) is 0 Å². The highest BCUT2D eigenvalue weighted by Crippen LogP contribution is 2.38. The topological polar surface area (TPSA) is 57.7 Å². The fourth-order valence-corrected chi connectivity index (χ4v) is 4.08. The molecule has 2 aliphatic heterocycles. The SMILES string of the molecule is CS(=O)(=O)CCC(=O)N1CC2CCCN2C1c1ccccc1. The van der Waals surface area contributed by atoms with E-state index in [-0.39, 0.29) is 24.2 Å². The molecule has 0 spiro atoms. The maximum Gasteiger partial charge on any atom is 0.225 e. The van der Waals surface area contributed by atoms with Gasteiger partial charge >= 0.3 is 0 Å². The molecule has 2 unspecified atom stereocenters. The van der Waals surface area contributed by atoms with Crippen LogP contribution >= 0.6 is 0 Å². The first-order chi connectivity index (χ1) is 10.5. The number of nitrogens with zero attached hydrogens (tertiary/aromatic N) is 2. The Morgan fingerprint density at radius 2 is 2.00 bits per heavy atom. The van der Waals surface area contributed by atoms with E-state index in [9.17, 15) is 13.2 Å². The Morgan fingerprint density at radius 3 is 2.68 bits per heavy atom. The van der Waals surface area contributed by atoms with E-state index in [1.807, 2.05) is 35.2 Å². The lowest BCUT2D eigenvalue weighted by atomic mass is 10.1. The Balaban J connectivity index is 1.81. The van der Waals surface area contributed by atoms with Crippen LogP contribution in [0.4, 0.5) is 0 Å². The number of sulfone groups is 1. The average Bonchev–Trinajstić information content (AvgIpc) is 3.05. The van der Waals surface area contributed by atoms with Crippen LogP contribution in [0.5, 0.6) is 0 Å². The molecule has 2 heterocycles. The normalized spacial score (nSPS) is 25.4. The lowest BCUT2D eigenvalue weighted by Crippen LogP contribution is -2.36. The molecule has 0 radical (unpaired) electrons. The number of fused-ring (bicyclic) bond motifs is 1. The smallest absolute Gasteiger partial charge is 0.225 e. The van der Waals surface area contributed by atoms with Crippen molar-refractivity contribution in [3.63, 3.8) is 0 Å². The second kappa shape index (κ2) is 6.01. The minimum atomic E-state index is -3.11. The molecule has 3 rings (SSSR count). The molecule has 2 saturated heterocycles. The summed E-state index contributed by atoms with van der Waals surface area (Å²) in [5.74, 6) is -0.136. The summed E-state index contributed by atoms with van der Waals surface area (Å²) in [5.41, 5.74) is 1.11. The predicted octanol–water partition coefficient (Wildman–Crippen LogP) is 1.43. The monoisotopic (exact) mass is 322 g/mol. The summed E-state index contributed by atoms with van der Waals surface area (Å²) in [6.45, 7) is 1.71. The summed E-state index contributed by atoms with van der Waals surface area (Å²) in [6, 6.07) is 10.4. The molecule has 1 aromatic rings. The van der Waals surface area contributed by atoms with Crippen molar-refractivity contribution in [3.05, 3.63) is 35.9 Å². The van der Waals surface area contributed by atoms with Crippen LogP contribution in [0.25, 0.3) is 0 Å². The molecular formula is C16H22N2O3S. The van der Waals surface area contributed by atoms with E-state index in [4.69, 9.17) is 0 Å². The molecule has 2 atom stereocenters. The largest absolute Gasteiger partial charge is 0.321 e. The van der Waals surface area contributed by atoms with Crippen LogP contribution in [0.15, 0.2) is 30.3 Å². The number of rotatable bonds is 4. The van der Waals surface area contributed by atoms with E-state index in [2.05, 4.69) is 4.90 Å². The van der Waals surface area contributed by atoms with Gasteiger partial charge in [0.05, 0.1) is 5.75 Å². The second-order valence-electron chi connectivity index (χ2n) is 6.24. The van der Waals surface area contributed by atoms with Gasteiger partial charge in [0.2, 0.25) is 5.91 Å². The first-order valence-corrected chi connectivity index (χ1v) is 9.79. The Morgan fingerprint density at radius 1 is 1.27 bits per heavy atom. The number of carbonyl (C=O) groups excluding carboxylic acids is 1. The Labute approximate surface area is 131 Å². The van der Waals surface area contributed by atoms with Crippen LogP contribution in [-0.4, -0.2) is 55.3 Å². The summed E-state index contributed by atoms with van der Waals surface area (Å²) in [5, 5.41) is 0. The van der Waals surface area contributed by atoms with Crippen LogP contribution in [0.3, 0.4) is 0 Å². The first-order valence-electron chi connectivity index (χ1n) is 7.73. The molecular weight excluding hydrogens is 300 g/mol. The van der Waals surface area contributed by atoms with Gasteiger partial charge in [0.25, 0.3) is 0 Å². The van der Waals surface area contributed by atoms with E-state index in [0.29, 0.717) is 12.6 Å². The zero-order valence-corrected chi connectivity index (χ0v) is 13.6. The zero-order valence-electron chi connectivity index (χ0n) is 12.8. The van der Waals surface area contributed by atoms with Gasteiger partial charge in [-0.3, -0.25) is 9.69 Å². The molecule has 0 aromatic heterocycles. The number of hydrogen-bond acceptors (Lipinski definition) is 4. The van der Waals surface area contributed by atoms with Gasteiger partial charge in [-0.05, 0) is 18.4 Å². The van der Waals surface area contributed by atoms with Crippen LogP contribution < -0.4 is 0 Å². The van der Waals surface area contributed by atoms with E-state index in [1.54, 1.807) is 0 Å². The van der Waals surface area contributed by atoms with Crippen LogP contribution in [0.2, 0.25) is 0 Å². The van der Waals surface area contributed by atoms with Crippen molar-refractivity contribution in [2.45, 2.75) is 31.5 Å². The van der Waals surface area contributed by atoms with Gasteiger partial charge in [0.15, 0.2) is 0 Å². The third-order valence-corrected chi connectivity index (χ3v) is 5.49. The maximum absolute atomic E-state index is 12.5. The fraction of sp³-hybridized carbons (Fsp3) is 0.562. The predicted molar refractivity (Wildman–Crippen MR) is 85.0 cm³/mol. The lowest BCUT2D eigenvalue weighted by Gasteiger charge is -2.30. The van der Waals surface area contributed by atoms with E-state index >= 15 is 0 Å². The van der Waals surface area contributed by atoms with Gasteiger partial charge in [0.1, 0.15) is 16.0 Å². The minimum Gasteiger partial charge on any atom is -0.321 e. The molecule has 1 aromatic carbocycles. The zero-order chi connectivity index (χ0) is 15.7. The van der Waals surface area contributed by atoms with Gasteiger partial charge in [-0.15, -0.1) is 0 Å². The number of carbonyl (C=O) groups is 1. The van der Waals surface area contributed by atoms with E-state index in [1.165, 1.54) is 12.7 Å². The van der Waals surface area contributed by atoms with Crippen LogP contribution in [0, 0.1) is 0 Å². The summed E-state index contributed by atoms with van der Waals surface area (Å²) in [6.07, 6.45) is 3.49. The summed E-state index contributed by atoms with van der Waals surface area (Å²) < 4.78 is 22.6. The van der Waals surface area contributed by atoms with E-state index in [0.717, 1.165) is 18.5 Å². The van der Waals surface area contributed by atoms with Crippen molar-refractivity contribution in [2.75, 3.05) is 25.1 Å². The quantitative estimate of drug-likeness (QED) is 0.841. The van der Waals surface area contributed by atoms with Crippen molar-refractivity contribution in [3.8, 4) is 0 Å². The van der Waals surface area contributed by atoms with Crippen molar-refractivity contribution in [2.24, 2.45) is 0 Å². The Kier molecular flexibility index (Phi) is 4.23. The minimum absolute atomic E-state index is 0.0410. The standard InChI is InChI=1S/C16H22N2O3S/c1-22(20,21)11-9-15(19)18-12-14-8-5-10-17(14)16(18)13-6-3-2-4-7-13/h2-4,6-7,14,16H,5,8-12H2,1H3. The third kappa shape index (κ3) is 3.17. The highest BCUT2D eigenvalue weighted by atomic mass is 32.2. The molecule has 0 saturated carbocycles. The molecule has 0 N–H and O–H groups in total. The number of amides is 1. The number of hydrogen-bond donors (Lipinski definition) is 0. The van der Waals surface area contributed by atoms with Gasteiger partial charge in [-0.2, -0.15) is 0 Å². The third-order valence-electron chi connectivity index (χ3n) is 4.54. The molecule has 6 heteroatoms. The highest BCUT2D eigenvalue weighted by Gasteiger charge is 2.44. The molecule has 0 aliphatic carbocycles. The molecule has 120 valence electrons. The Bertz CT molecular complexity index is 645. The maximum atomic E-state index is 12.5. The average molecular weight is 322 g/mol. The van der Waals surface area contributed by atoms with Gasteiger partial charge in [-0.25, -0.2) is 8.42 Å². The van der Waals surface area contributed by atoms with E-state index < -0.39 is 9.84 Å². The summed E-state index contributed by atoms with van der Waals surface area (Å²) in [7, 11) is -3.11. The molecule has 0 bridgehead atoms. The van der Waals surface area contributed by atoms with Gasteiger partial charge < -0.3 is 4.90 Å². The number of benzene rings is 1. The summed E-state index contributed by atoms with van der Waals surface area (Å²) in [4.78, 5) is 16.8. The summed E-state index contributed by atoms with van der Waals surface area (Å²) >= 11 is 0. The first kappa shape index (κ1) is 15.5. The highest BCUT2D eigenvalue weighted by molar-refractivity contribution is 7.90. The molecule has 2 fully saturated rings. The van der Waals surface area contributed by atoms with Gasteiger partial charge in [0, 0.05) is 31.8 Å². The van der Waals surface area contributed by atoms with Crippen molar-refractivity contribution < 1.29 is 13.2 Å². The molecule has 22 heavy (non-hydrogen) atoms. The van der Waals surface area contributed by atoms with Crippen molar-refractivity contribution in [1.82, 2.24) is 9.80 Å². The van der Waals surface area contributed by atoms with Crippen LogP contribution in [-0.2, 0) is 14.6 Å². The fourth-order valence-electron chi connectivity index (χ4n) is 3.53. The molecule has 1 amide bonds. The molecule has 2 aliphatic rings.